The molecule has 3 rings (SSSR count). The summed E-state index contributed by atoms with van der Waals surface area (Å²) >= 11 is 0. The van der Waals surface area contributed by atoms with Crippen LogP contribution in [0.2, 0.25) is 0 Å². The maximum Gasteiger partial charge on any atom is 0.147 e. The number of benzene rings is 2. The average Bonchev–Trinajstić information content (AvgIpc) is 3.05. The van der Waals surface area contributed by atoms with E-state index in [1.54, 1.807) is 19.4 Å². The van der Waals surface area contributed by atoms with Crippen LogP contribution < -0.4 is 10.1 Å². The maximum atomic E-state index is 14.4. The lowest BCUT2D eigenvalue weighted by Crippen LogP contribution is -2.14. The van der Waals surface area contributed by atoms with E-state index in [0.717, 1.165) is 35.2 Å². The van der Waals surface area contributed by atoms with Gasteiger partial charge in [-0.25, -0.2) is 4.39 Å². The Morgan fingerprint density at radius 3 is 2.83 bits per heavy atom. The smallest absolute Gasteiger partial charge is 0.147 e. The SMILES string of the molecule is CNCCC(c1cc(F)c2[nH]ccc2c1)c1ccccc1OC. The third-order valence-electron chi connectivity index (χ3n) is 4.23. The van der Waals surface area contributed by atoms with Gasteiger partial charge in [-0.1, -0.05) is 18.2 Å². The summed E-state index contributed by atoms with van der Waals surface area (Å²) < 4.78 is 19.9. The molecule has 1 heterocycles. The minimum Gasteiger partial charge on any atom is -0.496 e. The number of halogens is 1. The van der Waals surface area contributed by atoms with Crippen LogP contribution in [0.25, 0.3) is 10.9 Å². The molecule has 1 unspecified atom stereocenters. The monoisotopic (exact) mass is 312 g/mol. The van der Waals surface area contributed by atoms with Gasteiger partial charge in [0, 0.05) is 23.1 Å². The number of H-pyrrole nitrogens is 1. The number of methoxy groups -OCH3 is 1. The number of rotatable bonds is 6. The third kappa shape index (κ3) is 3.08. The molecule has 0 fully saturated rings. The lowest BCUT2D eigenvalue weighted by molar-refractivity contribution is 0.406. The molecule has 0 spiro atoms. The molecule has 0 aliphatic rings. The fourth-order valence-corrected chi connectivity index (χ4v) is 3.09. The van der Waals surface area contributed by atoms with Gasteiger partial charge < -0.3 is 15.0 Å². The molecule has 0 aliphatic carbocycles. The van der Waals surface area contributed by atoms with Crippen molar-refractivity contribution in [2.24, 2.45) is 0 Å². The second-order valence-electron chi connectivity index (χ2n) is 5.63. The number of aromatic nitrogens is 1. The van der Waals surface area contributed by atoms with Gasteiger partial charge >= 0.3 is 0 Å². The largest absolute Gasteiger partial charge is 0.496 e. The Kier molecular flexibility index (Phi) is 4.63. The molecule has 0 amide bonds. The number of para-hydroxylation sites is 1. The van der Waals surface area contributed by atoms with E-state index in [4.69, 9.17) is 4.74 Å². The van der Waals surface area contributed by atoms with Gasteiger partial charge in [0.25, 0.3) is 0 Å². The highest BCUT2D eigenvalue weighted by Gasteiger charge is 2.19. The highest BCUT2D eigenvalue weighted by molar-refractivity contribution is 5.81. The zero-order chi connectivity index (χ0) is 16.2. The normalized spacial score (nSPS) is 12.5. The van der Waals surface area contributed by atoms with E-state index < -0.39 is 0 Å². The van der Waals surface area contributed by atoms with Crippen molar-refractivity contribution in [1.29, 1.82) is 0 Å². The average molecular weight is 312 g/mol. The van der Waals surface area contributed by atoms with Crippen LogP contribution in [0.4, 0.5) is 4.39 Å². The second-order valence-corrected chi connectivity index (χ2v) is 5.63. The van der Waals surface area contributed by atoms with E-state index in [1.807, 2.05) is 31.3 Å². The summed E-state index contributed by atoms with van der Waals surface area (Å²) in [6, 6.07) is 13.5. The van der Waals surface area contributed by atoms with Crippen molar-refractivity contribution in [2.75, 3.05) is 20.7 Å². The lowest BCUT2D eigenvalue weighted by atomic mass is 9.87. The first kappa shape index (κ1) is 15.6. The molecule has 0 saturated heterocycles. The van der Waals surface area contributed by atoms with E-state index in [-0.39, 0.29) is 11.7 Å². The summed E-state index contributed by atoms with van der Waals surface area (Å²) in [6.45, 7) is 0.843. The molecule has 3 aromatic rings. The molecule has 2 aromatic carbocycles. The van der Waals surface area contributed by atoms with E-state index >= 15 is 0 Å². The van der Waals surface area contributed by atoms with Crippen molar-refractivity contribution in [2.45, 2.75) is 12.3 Å². The Morgan fingerprint density at radius 2 is 2.04 bits per heavy atom. The minimum atomic E-state index is -0.216. The van der Waals surface area contributed by atoms with Crippen LogP contribution in [0.5, 0.6) is 5.75 Å². The number of hydrogen-bond donors (Lipinski definition) is 2. The zero-order valence-corrected chi connectivity index (χ0v) is 13.4. The lowest BCUT2D eigenvalue weighted by Gasteiger charge is -2.21. The van der Waals surface area contributed by atoms with Crippen LogP contribution in [0.3, 0.4) is 0 Å². The Labute approximate surface area is 135 Å². The van der Waals surface area contributed by atoms with Crippen molar-refractivity contribution in [3.05, 3.63) is 65.6 Å². The summed E-state index contributed by atoms with van der Waals surface area (Å²) in [4.78, 5) is 2.95. The van der Waals surface area contributed by atoms with Crippen LogP contribution in [-0.2, 0) is 0 Å². The predicted molar refractivity (Wildman–Crippen MR) is 91.6 cm³/mol. The van der Waals surface area contributed by atoms with E-state index in [1.165, 1.54) is 0 Å². The van der Waals surface area contributed by atoms with Crippen molar-refractivity contribution < 1.29 is 9.13 Å². The maximum absolute atomic E-state index is 14.4. The van der Waals surface area contributed by atoms with Gasteiger partial charge in [-0.15, -0.1) is 0 Å². The first-order chi connectivity index (χ1) is 11.2. The van der Waals surface area contributed by atoms with Gasteiger partial charge in [0.05, 0.1) is 12.6 Å². The van der Waals surface area contributed by atoms with Gasteiger partial charge in [0.15, 0.2) is 0 Å². The molecular weight excluding hydrogens is 291 g/mol. The van der Waals surface area contributed by atoms with Gasteiger partial charge in [0.2, 0.25) is 0 Å². The van der Waals surface area contributed by atoms with E-state index in [0.29, 0.717) is 5.52 Å². The summed E-state index contributed by atoms with van der Waals surface area (Å²) in [5.74, 6) is 0.697. The molecule has 0 saturated carbocycles. The number of ether oxygens (including phenoxy) is 1. The van der Waals surface area contributed by atoms with Crippen LogP contribution in [0, 0.1) is 5.82 Å². The first-order valence-corrected chi connectivity index (χ1v) is 7.78. The zero-order valence-electron chi connectivity index (χ0n) is 13.4. The Bertz CT molecular complexity index is 797. The van der Waals surface area contributed by atoms with Crippen molar-refractivity contribution in [3.8, 4) is 5.75 Å². The van der Waals surface area contributed by atoms with Crippen LogP contribution in [0.15, 0.2) is 48.7 Å². The topological polar surface area (TPSA) is 37.0 Å². The number of nitrogens with one attached hydrogen (secondary N) is 2. The van der Waals surface area contributed by atoms with Crippen molar-refractivity contribution in [1.82, 2.24) is 10.3 Å². The van der Waals surface area contributed by atoms with Crippen molar-refractivity contribution >= 4 is 10.9 Å². The molecule has 23 heavy (non-hydrogen) atoms. The molecule has 0 bridgehead atoms. The molecule has 1 atom stereocenters. The summed E-state index contributed by atoms with van der Waals surface area (Å²) in [6.07, 6.45) is 2.63. The third-order valence-corrected chi connectivity index (χ3v) is 4.23. The molecule has 0 radical (unpaired) electrons. The molecule has 120 valence electrons. The molecule has 4 heteroatoms. The van der Waals surface area contributed by atoms with Gasteiger partial charge in [0.1, 0.15) is 11.6 Å². The Morgan fingerprint density at radius 1 is 1.22 bits per heavy atom. The van der Waals surface area contributed by atoms with Gasteiger partial charge in [-0.3, -0.25) is 0 Å². The predicted octanol–water partition coefficient (Wildman–Crippen LogP) is 4.06. The molecule has 2 N–H and O–H groups in total. The molecule has 0 aliphatic heterocycles. The standard InChI is InChI=1S/C19H21FN2O/c1-21-9-8-15(16-5-3-4-6-18(16)23-2)14-11-13-7-10-22-19(13)17(20)12-14/h3-7,10-12,15,21-22H,8-9H2,1-2H3. The number of aromatic amines is 1. The minimum absolute atomic E-state index is 0.0763. The fourth-order valence-electron chi connectivity index (χ4n) is 3.09. The van der Waals surface area contributed by atoms with E-state index in [9.17, 15) is 4.39 Å². The van der Waals surface area contributed by atoms with Crippen molar-refractivity contribution in [3.63, 3.8) is 0 Å². The molecular formula is C19H21FN2O. The van der Waals surface area contributed by atoms with E-state index in [2.05, 4.69) is 22.4 Å². The van der Waals surface area contributed by atoms with Gasteiger partial charge in [-0.05, 0) is 49.8 Å². The summed E-state index contributed by atoms with van der Waals surface area (Å²) in [5.41, 5.74) is 2.61. The van der Waals surface area contributed by atoms with Gasteiger partial charge in [-0.2, -0.15) is 0 Å². The fraction of sp³-hybridized carbons (Fsp3) is 0.263. The van der Waals surface area contributed by atoms with Crippen LogP contribution in [-0.4, -0.2) is 25.7 Å². The second kappa shape index (κ2) is 6.84. The highest BCUT2D eigenvalue weighted by Crippen LogP contribution is 2.35. The summed E-state index contributed by atoms with van der Waals surface area (Å²) in [5, 5.41) is 4.07. The number of hydrogen-bond acceptors (Lipinski definition) is 2. The quantitative estimate of drug-likeness (QED) is 0.720. The first-order valence-electron chi connectivity index (χ1n) is 7.78. The highest BCUT2D eigenvalue weighted by atomic mass is 19.1. The van der Waals surface area contributed by atoms with Crippen LogP contribution in [0.1, 0.15) is 23.5 Å². The molecule has 3 nitrogen and oxygen atoms in total. The molecule has 1 aromatic heterocycles. The number of fused-ring (bicyclic) bond motifs is 1. The Balaban J connectivity index is 2.10. The van der Waals surface area contributed by atoms with Crippen LogP contribution >= 0.6 is 0 Å². The summed E-state index contributed by atoms with van der Waals surface area (Å²) in [7, 11) is 3.60. The Hall–Kier alpha value is -2.33.